The van der Waals surface area contributed by atoms with Crippen LogP contribution >= 0.6 is 0 Å². The molecule has 0 aromatic heterocycles. The predicted molar refractivity (Wildman–Crippen MR) is 65.0 cm³/mol. The van der Waals surface area contributed by atoms with E-state index in [0.717, 1.165) is 12.1 Å². The summed E-state index contributed by atoms with van der Waals surface area (Å²) in [6, 6.07) is 9.84. The SMILES string of the molecule is CC(=N)N1CCNC(c2ccccc2)C1=N. The van der Waals surface area contributed by atoms with Crippen LogP contribution in [0.3, 0.4) is 0 Å². The van der Waals surface area contributed by atoms with Crippen molar-refractivity contribution in [3.63, 3.8) is 0 Å². The Hall–Kier alpha value is -1.68. The Bertz CT molecular complexity index is 399. The molecule has 1 aliphatic heterocycles. The molecule has 1 saturated heterocycles. The molecule has 0 saturated carbocycles. The van der Waals surface area contributed by atoms with E-state index in [2.05, 4.69) is 5.32 Å². The number of hydrogen-bond acceptors (Lipinski definition) is 3. The van der Waals surface area contributed by atoms with Crippen molar-refractivity contribution in [3.8, 4) is 0 Å². The van der Waals surface area contributed by atoms with Crippen LogP contribution in [0.4, 0.5) is 0 Å². The highest BCUT2D eigenvalue weighted by atomic mass is 15.3. The molecule has 1 atom stereocenters. The van der Waals surface area contributed by atoms with Gasteiger partial charge in [-0.2, -0.15) is 0 Å². The van der Waals surface area contributed by atoms with Gasteiger partial charge in [0.2, 0.25) is 0 Å². The normalized spacial score (nSPS) is 20.9. The fraction of sp³-hybridized carbons (Fsp3) is 0.333. The maximum Gasteiger partial charge on any atom is 0.123 e. The summed E-state index contributed by atoms with van der Waals surface area (Å²) >= 11 is 0. The van der Waals surface area contributed by atoms with Crippen molar-refractivity contribution in [2.75, 3.05) is 13.1 Å². The van der Waals surface area contributed by atoms with Crippen LogP contribution in [0.2, 0.25) is 0 Å². The summed E-state index contributed by atoms with van der Waals surface area (Å²) in [5.74, 6) is 0.900. The van der Waals surface area contributed by atoms with Gasteiger partial charge in [0.05, 0.1) is 11.9 Å². The van der Waals surface area contributed by atoms with E-state index < -0.39 is 0 Å². The third-order valence-electron chi connectivity index (χ3n) is 2.79. The number of piperazine rings is 1. The van der Waals surface area contributed by atoms with Crippen LogP contribution in [0.25, 0.3) is 0 Å². The fourth-order valence-corrected chi connectivity index (χ4v) is 1.96. The largest absolute Gasteiger partial charge is 0.316 e. The molecule has 1 fully saturated rings. The van der Waals surface area contributed by atoms with Gasteiger partial charge in [-0.3, -0.25) is 10.8 Å². The number of benzene rings is 1. The predicted octanol–water partition coefficient (Wildman–Crippen LogP) is 1.61. The molecule has 1 aromatic carbocycles. The molecule has 16 heavy (non-hydrogen) atoms. The van der Waals surface area contributed by atoms with E-state index in [1.807, 2.05) is 30.3 Å². The first-order chi connectivity index (χ1) is 7.70. The summed E-state index contributed by atoms with van der Waals surface area (Å²) in [5.41, 5.74) is 1.08. The van der Waals surface area contributed by atoms with Gasteiger partial charge in [0, 0.05) is 13.1 Å². The fourth-order valence-electron chi connectivity index (χ4n) is 1.96. The number of rotatable bonds is 1. The molecule has 2 rings (SSSR count). The van der Waals surface area contributed by atoms with Gasteiger partial charge in [0.1, 0.15) is 5.84 Å². The second-order valence-corrected chi connectivity index (χ2v) is 3.92. The standard InChI is InChI=1S/C12H16N4/c1-9(13)16-8-7-15-11(12(16)14)10-5-3-2-4-6-10/h2-6,11,13-15H,7-8H2,1H3. The Labute approximate surface area is 95.3 Å². The third kappa shape index (κ3) is 1.97. The van der Waals surface area contributed by atoms with Crippen molar-refractivity contribution >= 4 is 11.7 Å². The van der Waals surface area contributed by atoms with Crippen molar-refractivity contribution in [3.05, 3.63) is 35.9 Å². The molecule has 0 bridgehead atoms. The van der Waals surface area contributed by atoms with Gasteiger partial charge in [-0.05, 0) is 12.5 Å². The molecule has 0 amide bonds. The van der Waals surface area contributed by atoms with E-state index in [0.29, 0.717) is 18.2 Å². The Kier molecular flexibility index (Phi) is 3.01. The van der Waals surface area contributed by atoms with Gasteiger partial charge in [-0.15, -0.1) is 0 Å². The maximum absolute atomic E-state index is 8.09. The lowest BCUT2D eigenvalue weighted by Crippen LogP contribution is -2.51. The molecule has 1 unspecified atom stereocenters. The first-order valence-electron chi connectivity index (χ1n) is 5.39. The number of nitrogens with zero attached hydrogens (tertiary/aromatic N) is 1. The molecule has 3 N–H and O–H groups in total. The van der Waals surface area contributed by atoms with Gasteiger partial charge < -0.3 is 10.2 Å². The lowest BCUT2D eigenvalue weighted by Gasteiger charge is -2.35. The minimum absolute atomic E-state index is 0.0877. The molecular formula is C12H16N4. The monoisotopic (exact) mass is 216 g/mol. The molecule has 84 valence electrons. The van der Waals surface area contributed by atoms with Crippen LogP contribution in [0.15, 0.2) is 30.3 Å². The van der Waals surface area contributed by atoms with Gasteiger partial charge in [0.15, 0.2) is 0 Å². The highest BCUT2D eigenvalue weighted by molar-refractivity contribution is 6.00. The molecule has 4 nitrogen and oxygen atoms in total. The van der Waals surface area contributed by atoms with Crippen LogP contribution in [0.1, 0.15) is 18.5 Å². The average Bonchev–Trinajstić information content (AvgIpc) is 2.30. The van der Waals surface area contributed by atoms with Crippen molar-refractivity contribution in [2.24, 2.45) is 0 Å². The lowest BCUT2D eigenvalue weighted by molar-refractivity contribution is 0.454. The molecule has 1 heterocycles. The zero-order chi connectivity index (χ0) is 11.5. The summed E-state index contributed by atoms with van der Waals surface area (Å²) < 4.78 is 0. The molecule has 1 aliphatic rings. The van der Waals surface area contributed by atoms with E-state index in [4.69, 9.17) is 10.8 Å². The van der Waals surface area contributed by atoms with Crippen molar-refractivity contribution in [1.82, 2.24) is 10.2 Å². The molecular weight excluding hydrogens is 200 g/mol. The minimum Gasteiger partial charge on any atom is -0.316 e. The van der Waals surface area contributed by atoms with E-state index in [9.17, 15) is 0 Å². The second kappa shape index (κ2) is 4.45. The van der Waals surface area contributed by atoms with Crippen LogP contribution in [0, 0.1) is 10.8 Å². The van der Waals surface area contributed by atoms with Crippen molar-refractivity contribution in [2.45, 2.75) is 13.0 Å². The van der Waals surface area contributed by atoms with Crippen LogP contribution < -0.4 is 5.32 Å². The second-order valence-electron chi connectivity index (χ2n) is 3.92. The maximum atomic E-state index is 8.09. The molecule has 0 radical (unpaired) electrons. The van der Waals surface area contributed by atoms with Gasteiger partial charge in [-0.25, -0.2) is 0 Å². The van der Waals surface area contributed by atoms with Crippen LogP contribution in [-0.2, 0) is 0 Å². The number of nitrogens with one attached hydrogen (secondary N) is 3. The van der Waals surface area contributed by atoms with Crippen LogP contribution in [-0.4, -0.2) is 29.7 Å². The van der Waals surface area contributed by atoms with E-state index in [-0.39, 0.29) is 6.04 Å². The summed E-state index contributed by atoms with van der Waals surface area (Å²) in [4.78, 5) is 1.74. The topological polar surface area (TPSA) is 63.0 Å². The summed E-state index contributed by atoms with van der Waals surface area (Å²) in [5, 5.41) is 19.0. The zero-order valence-corrected chi connectivity index (χ0v) is 9.33. The van der Waals surface area contributed by atoms with Gasteiger partial charge in [0.25, 0.3) is 0 Å². The third-order valence-corrected chi connectivity index (χ3v) is 2.79. The van der Waals surface area contributed by atoms with E-state index in [1.54, 1.807) is 11.8 Å². The minimum atomic E-state index is -0.0877. The summed E-state index contributed by atoms with van der Waals surface area (Å²) in [6.07, 6.45) is 0. The zero-order valence-electron chi connectivity index (χ0n) is 9.33. The summed E-state index contributed by atoms with van der Waals surface area (Å²) in [7, 11) is 0. The highest BCUT2D eigenvalue weighted by Crippen LogP contribution is 2.18. The Balaban J connectivity index is 2.23. The quantitative estimate of drug-likeness (QED) is 0.493. The van der Waals surface area contributed by atoms with Crippen LogP contribution in [0.5, 0.6) is 0 Å². The first-order valence-corrected chi connectivity index (χ1v) is 5.39. The molecule has 1 aromatic rings. The Morgan fingerprint density at radius 2 is 2.06 bits per heavy atom. The summed E-state index contributed by atoms with van der Waals surface area (Å²) in [6.45, 7) is 3.23. The smallest absolute Gasteiger partial charge is 0.123 e. The van der Waals surface area contributed by atoms with Crippen molar-refractivity contribution in [1.29, 1.82) is 10.8 Å². The van der Waals surface area contributed by atoms with E-state index in [1.165, 1.54) is 0 Å². The molecule has 0 aliphatic carbocycles. The van der Waals surface area contributed by atoms with Crippen molar-refractivity contribution < 1.29 is 0 Å². The highest BCUT2D eigenvalue weighted by Gasteiger charge is 2.26. The Morgan fingerprint density at radius 1 is 1.38 bits per heavy atom. The Morgan fingerprint density at radius 3 is 2.69 bits per heavy atom. The van der Waals surface area contributed by atoms with Gasteiger partial charge in [-0.1, -0.05) is 30.3 Å². The van der Waals surface area contributed by atoms with Gasteiger partial charge >= 0.3 is 0 Å². The lowest BCUT2D eigenvalue weighted by atomic mass is 10.0. The average molecular weight is 216 g/mol. The van der Waals surface area contributed by atoms with E-state index >= 15 is 0 Å². The molecule has 0 spiro atoms. The first kappa shape index (κ1) is 10.8. The molecule has 4 heteroatoms. The number of hydrogen-bond donors (Lipinski definition) is 3. The number of amidine groups is 2.